The van der Waals surface area contributed by atoms with E-state index in [0.29, 0.717) is 27.6 Å². The highest BCUT2D eigenvalue weighted by atomic mass is 16.6. The van der Waals surface area contributed by atoms with E-state index in [1.54, 1.807) is 37.3 Å². The van der Waals surface area contributed by atoms with Crippen molar-refractivity contribution in [3.05, 3.63) is 47.5 Å². The molecule has 1 unspecified atom stereocenters. The van der Waals surface area contributed by atoms with E-state index in [4.69, 9.17) is 9.84 Å². The van der Waals surface area contributed by atoms with Gasteiger partial charge in [0.05, 0.1) is 22.1 Å². The van der Waals surface area contributed by atoms with Gasteiger partial charge in [-0.3, -0.25) is 0 Å². The molecule has 3 aromatic rings. The molecule has 2 aromatic carbocycles. The molecule has 2 N–H and O–H groups in total. The molecule has 3 rings (SSSR count). The molecule has 7 nitrogen and oxygen atoms in total. The number of aliphatic hydroxyl groups is 1. The number of para-hydroxylation sites is 2. The molecule has 0 aliphatic rings. The molecule has 0 radical (unpaired) electrons. The maximum absolute atomic E-state index is 11.3. The Kier molecular flexibility index (Phi) is 4.09. The van der Waals surface area contributed by atoms with E-state index in [1.807, 2.05) is 0 Å². The van der Waals surface area contributed by atoms with E-state index < -0.39 is 24.6 Å². The summed E-state index contributed by atoms with van der Waals surface area (Å²) >= 11 is 0. The molecule has 0 amide bonds. The number of rotatable bonds is 4. The minimum atomic E-state index is -1.07. The molecule has 24 heavy (non-hydrogen) atoms. The first-order chi connectivity index (χ1) is 11.5. The van der Waals surface area contributed by atoms with Crippen molar-refractivity contribution in [3.63, 3.8) is 0 Å². The predicted octanol–water partition coefficient (Wildman–Crippen LogP) is 2.08. The first-order valence-corrected chi connectivity index (χ1v) is 7.24. The molecule has 0 saturated carbocycles. The van der Waals surface area contributed by atoms with Gasteiger partial charge >= 0.3 is 11.9 Å². The third-order valence-electron chi connectivity index (χ3n) is 3.63. The van der Waals surface area contributed by atoms with Crippen LogP contribution in [0, 0.1) is 0 Å². The van der Waals surface area contributed by atoms with Gasteiger partial charge in [0.25, 0.3) is 0 Å². The zero-order valence-corrected chi connectivity index (χ0v) is 12.8. The lowest BCUT2D eigenvalue weighted by atomic mass is 10.1. The third kappa shape index (κ3) is 2.77. The lowest BCUT2D eigenvalue weighted by Crippen LogP contribution is -2.13. The summed E-state index contributed by atoms with van der Waals surface area (Å²) in [5.41, 5.74) is 2.47. The number of hydrogen-bond acceptors (Lipinski definition) is 6. The van der Waals surface area contributed by atoms with Crippen molar-refractivity contribution in [2.45, 2.75) is 13.0 Å². The van der Waals surface area contributed by atoms with Crippen LogP contribution < -0.4 is 0 Å². The van der Waals surface area contributed by atoms with E-state index in [2.05, 4.69) is 9.97 Å². The van der Waals surface area contributed by atoms with Crippen molar-refractivity contribution in [3.8, 4) is 0 Å². The number of carboxylic acids is 1. The first-order valence-electron chi connectivity index (χ1n) is 7.24. The molecule has 0 spiro atoms. The lowest BCUT2D eigenvalue weighted by Gasteiger charge is -2.15. The second kappa shape index (κ2) is 6.21. The molecule has 1 atom stereocenters. The Bertz CT molecular complexity index is 954. The number of ether oxygens (including phenoxy) is 1. The Labute approximate surface area is 136 Å². The van der Waals surface area contributed by atoms with Crippen LogP contribution in [0.4, 0.5) is 0 Å². The maximum Gasteiger partial charge on any atom is 0.337 e. The fourth-order valence-electron chi connectivity index (χ4n) is 2.54. The Morgan fingerprint density at radius 3 is 2.38 bits per heavy atom. The van der Waals surface area contributed by atoms with Crippen molar-refractivity contribution >= 4 is 34.0 Å². The maximum atomic E-state index is 11.3. The summed E-state index contributed by atoms with van der Waals surface area (Å²) in [4.78, 5) is 31.5. The number of fused-ring (bicyclic) bond motifs is 2. The molecule has 122 valence electrons. The number of aromatic nitrogens is 2. The smallest absolute Gasteiger partial charge is 0.337 e. The first kappa shape index (κ1) is 15.8. The quantitative estimate of drug-likeness (QED) is 0.558. The van der Waals surface area contributed by atoms with Gasteiger partial charge in [0, 0.05) is 5.56 Å². The van der Waals surface area contributed by atoms with Gasteiger partial charge in [0.1, 0.15) is 18.2 Å². The zero-order chi connectivity index (χ0) is 17.3. The van der Waals surface area contributed by atoms with Crippen LogP contribution in [-0.2, 0) is 9.53 Å². The molecule has 1 heterocycles. The van der Waals surface area contributed by atoms with Gasteiger partial charge in [-0.2, -0.15) is 0 Å². The van der Waals surface area contributed by atoms with Crippen molar-refractivity contribution < 1.29 is 24.5 Å². The Morgan fingerprint density at radius 1 is 1.08 bits per heavy atom. The molecule has 0 aliphatic carbocycles. The number of carboxylic acid groups (broad SMARTS) is 1. The SMILES string of the molecule is CC(OC(=O)CO)c1cccc2nc3c(C(=O)O)cccc3nc12. The van der Waals surface area contributed by atoms with Crippen LogP contribution in [0.25, 0.3) is 22.1 Å². The summed E-state index contributed by atoms with van der Waals surface area (Å²) in [7, 11) is 0. The number of aliphatic hydroxyl groups excluding tert-OH is 1. The summed E-state index contributed by atoms with van der Waals surface area (Å²) in [6.07, 6.45) is -0.622. The summed E-state index contributed by atoms with van der Waals surface area (Å²) in [5.74, 6) is -1.81. The lowest BCUT2D eigenvalue weighted by molar-refractivity contribution is -0.151. The molecule has 7 heteroatoms. The second-order valence-corrected chi connectivity index (χ2v) is 5.21. The van der Waals surface area contributed by atoms with Gasteiger partial charge < -0.3 is 14.9 Å². The number of hydrogen-bond donors (Lipinski definition) is 2. The van der Waals surface area contributed by atoms with Gasteiger partial charge in [-0.1, -0.05) is 18.2 Å². The molecular weight excluding hydrogens is 312 g/mol. The number of aromatic carboxylic acids is 1. The molecule has 1 aromatic heterocycles. The highest BCUT2D eigenvalue weighted by Gasteiger charge is 2.17. The van der Waals surface area contributed by atoms with Crippen molar-refractivity contribution in [2.24, 2.45) is 0 Å². The Morgan fingerprint density at radius 2 is 1.71 bits per heavy atom. The summed E-state index contributed by atoms with van der Waals surface area (Å²) < 4.78 is 5.12. The van der Waals surface area contributed by atoms with E-state index in [9.17, 15) is 14.7 Å². The number of esters is 1. The molecular formula is C17H14N2O5. The van der Waals surface area contributed by atoms with E-state index in [-0.39, 0.29) is 5.56 Å². The Balaban J connectivity index is 2.20. The van der Waals surface area contributed by atoms with Crippen LogP contribution in [-0.4, -0.2) is 38.7 Å². The third-order valence-corrected chi connectivity index (χ3v) is 3.63. The summed E-state index contributed by atoms with van der Waals surface area (Å²) in [6, 6.07) is 9.94. The van der Waals surface area contributed by atoms with Crippen LogP contribution >= 0.6 is 0 Å². The summed E-state index contributed by atoms with van der Waals surface area (Å²) in [5, 5.41) is 18.1. The highest BCUT2D eigenvalue weighted by molar-refractivity contribution is 6.02. The summed E-state index contributed by atoms with van der Waals surface area (Å²) in [6.45, 7) is 0.966. The number of nitrogens with zero attached hydrogens (tertiary/aromatic N) is 2. The molecule has 0 bridgehead atoms. The fraction of sp³-hybridized carbons (Fsp3) is 0.176. The van der Waals surface area contributed by atoms with E-state index in [1.165, 1.54) is 6.07 Å². The normalized spacial score (nSPS) is 12.2. The number of benzene rings is 2. The van der Waals surface area contributed by atoms with Crippen molar-refractivity contribution in [2.75, 3.05) is 6.61 Å². The average Bonchev–Trinajstić information content (AvgIpc) is 2.58. The molecule has 0 fully saturated rings. The second-order valence-electron chi connectivity index (χ2n) is 5.21. The Hall–Kier alpha value is -3.06. The minimum Gasteiger partial charge on any atom is -0.478 e. The number of carbonyl (C=O) groups excluding carboxylic acids is 1. The van der Waals surface area contributed by atoms with E-state index >= 15 is 0 Å². The van der Waals surface area contributed by atoms with Crippen molar-refractivity contribution in [1.29, 1.82) is 0 Å². The van der Waals surface area contributed by atoms with E-state index in [0.717, 1.165) is 0 Å². The largest absolute Gasteiger partial charge is 0.478 e. The zero-order valence-electron chi connectivity index (χ0n) is 12.8. The van der Waals surface area contributed by atoms with Gasteiger partial charge in [-0.05, 0) is 25.1 Å². The fourth-order valence-corrected chi connectivity index (χ4v) is 2.54. The standard InChI is InChI=1S/C17H14N2O5/c1-9(24-14(21)8-20)10-4-2-6-12-15(10)18-13-7-3-5-11(17(22)23)16(13)19-12/h2-7,9,20H,8H2,1H3,(H,22,23). The van der Waals surface area contributed by atoms with Crippen molar-refractivity contribution in [1.82, 2.24) is 9.97 Å². The van der Waals surface area contributed by atoms with Crippen LogP contribution in [0.2, 0.25) is 0 Å². The van der Waals surface area contributed by atoms with Gasteiger partial charge in [-0.15, -0.1) is 0 Å². The molecule has 0 saturated heterocycles. The van der Waals surface area contributed by atoms with Gasteiger partial charge in [-0.25, -0.2) is 19.6 Å². The monoisotopic (exact) mass is 326 g/mol. The number of carbonyl (C=O) groups is 2. The van der Waals surface area contributed by atoms with Crippen LogP contribution in [0.3, 0.4) is 0 Å². The predicted molar refractivity (Wildman–Crippen MR) is 85.6 cm³/mol. The van der Waals surface area contributed by atoms with Gasteiger partial charge in [0.15, 0.2) is 0 Å². The highest BCUT2D eigenvalue weighted by Crippen LogP contribution is 2.27. The average molecular weight is 326 g/mol. The molecule has 0 aliphatic heterocycles. The van der Waals surface area contributed by atoms with Crippen LogP contribution in [0.1, 0.15) is 28.9 Å². The van der Waals surface area contributed by atoms with Crippen LogP contribution in [0.5, 0.6) is 0 Å². The topological polar surface area (TPSA) is 110 Å². The van der Waals surface area contributed by atoms with Crippen LogP contribution in [0.15, 0.2) is 36.4 Å². The minimum absolute atomic E-state index is 0.0760. The van der Waals surface area contributed by atoms with Gasteiger partial charge in [0.2, 0.25) is 0 Å².